The summed E-state index contributed by atoms with van der Waals surface area (Å²) in [6, 6.07) is 6.86. The van der Waals surface area contributed by atoms with E-state index in [0.29, 0.717) is 40.1 Å². The van der Waals surface area contributed by atoms with Crippen molar-refractivity contribution in [2.45, 2.75) is 25.7 Å². The van der Waals surface area contributed by atoms with Crippen molar-refractivity contribution in [2.75, 3.05) is 11.9 Å². The lowest BCUT2D eigenvalue weighted by Crippen LogP contribution is -2.27. The number of benzene rings is 1. The second-order valence-corrected chi connectivity index (χ2v) is 7.98. The summed E-state index contributed by atoms with van der Waals surface area (Å²) in [5.74, 6) is -1.30. The third-order valence-corrected chi connectivity index (χ3v) is 5.63. The predicted octanol–water partition coefficient (Wildman–Crippen LogP) is 4.40. The second-order valence-electron chi connectivity index (χ2n) is 7.55. The largest absolute Gasteiger partial charge is 0.489 e. The molecular weight excluding hydrogens is 426 g/mol. The molecule has 0 saturated heterocycles. The van der Waals surface area contributed by atoms with E-state index >= 15 is 0 Å². The number of nitrogens with zero attached hydrogens (tertiary/aromatic N) is 3. The zero-order valence-corrected chi connectivity index (χ0v) is 17.6. The summed E-state index contributed by atoms with van der Waals surface area (Å²) in [4.78, 5) is 25.4. The molecule has 2 aromatic heterocycles. The number of aromatic nitrogens is 3. The quantitative estimate of drug-likeness (QED) is 0.610. The molecule has 1 aromatic carbocycles. The maximum Gasteiger partial charge on any atom is 0.229 e. The van der Waals surface area contributed by atoms with Crippen LogP contribution in [0.2, 0.25) is 5.02 Å². The van der Waals surface area contributed by atoms with Gasteiger partial charge in [0.1, 0.15) is 11.6 Å². The number of halogens is 3. The summed E-state index contributed by atoms with van der Waals surface area (Å²) < 4.78 is 33.4. The second kappa shape index (κ2) is 8.19. The first-order valence-corrected chi connectivity index (χ1v) is 9.97. The lowest BCUT2D eigenvalue weighted by atomic mass is 9.93. The summed E-state index contributed by atoms with van der Waals surface area (Å²) in [5.41, 5.74) is 0.323. The number of nitrogens with one attached hydrogen (secondary N) is 1. The molecule has 2 unspecified atom stereocenters. The van der Waals surface area contributed by atoms with Gasteiger partial charge in [0.15, 0.2) is 17.4 Å². The van der Waals surface area contributed by atoms with Crippen molar-refractivity contribution < 1.29 is 18.3 Å². The van der Waals surface area contributed by atoms with E-state index in [0.717, 1.165) is 12.1 Å². The molecule has 4 rings (SSSR count). The first-order valence-electron chi connectivity index (χ1n) is 9.59. The zero-order valence-electron chi connectivity index (χ0n) is 16.8. The van der Waals surface area contributed by atoms with Gasteiger partial charge in [-0.2, -0.15) is 0 Å². The Balaban J connectivity index is 1.58. The normalized spacial score (nSPS) is 19.7. The van der Waals surface area contributed by atoms with Crippen molar-refractivity contribution in [3.8, 4) is 5.75 Å². The molecule has 3 aromatic rings. The minimum Gasteiger partial charge on any atom is -0.489 e. The van der Waals surface area contributed by atoms with Gasteiger partial charge in [-0.1, -0.05) is 17.7 Å². The molecule has 6 nitrogen and oxygen atoms in total. The van der Waals surface area contributed by atoms with E-state index in [1.807, 2.05) is 0 Å². The van der Waals surface area contributed by atoms with Crippen molar-refractivity contribution >= 4 is 23.3 Å². The van der Waals surface area contributed by atoms with Gasteiger partial charge < -0.3 is 10.1 Å². The molecule has 1 amide bonds. The summed E-state index contributed by atoms with van der Waals surface area (Å²) in [5, 5.41) is 3.19. The van der Waals surface area contributed by atoms with Gasteiger partial charge >= 0.3 is 0 Å². The fraction of sp³-hybridized carbons (Fsp3) is 0.273. The number of amides is 1. The highest BCUT2D eigenvalue weighted by atomic mass is 35.5. The van der Waals surface area contributed by atoms with Crippen molar-refractivity contribution in [3.63, 3.8) is 0 Å². The lowest BCUT2D eigenvalue weighted by molar-refractivity contribution is -0.117. The fourth-order valence-electron chi connectivity index (χ4n) is 3.60. The van der Waals surface area contributed by atoms with Crippen molar-refractivity contribution in [1.29, 1.82) is 0 Å². The minimum atomic E-state index is -0.975. The highest BCUT2D eigenvalue weighted by molar-refractivity contribution is 6.30. The van der Waals surface area contributed by atoms with Crippen LogP contribution in [0.1, 0.15) is 23.5 Å². The molecule has 0 spiro atoms. The van der Waals surface area contributed by atoms with Gasteiger partial charge in [0, 0.05) is 11.6 Å². The SMILES string of the molecule is Cc1ncc(OCC2(c3ccc(F)c(F)c3)CC2C(=O)Nc2ccc(Cl)cn2)c(C)n1. The Morgan fingerprint density at radius 2 is 2.00 bits per heavy atom. The van der Waals surface area contributed by atoms with Crippen LogP contribution in [0.4, 0.5) is 14.6 Å². The number of ether oxygens (including phenoxy) is 1. The Labute approximate surface area is 182 Å². The molecule has 1 aliphatic rings. The summed E-state index contributed by atoms with van der Waals surface area (Å²) in [6.45, 7) is 3.64. The Morgan fingerprint density at radius 1 is 1.19 bits per heavy atom. The summed E-state index contributed by atoms with van der Waals surface area (Å²) >= 11 is 5.83. The number of hydrogen-bond donors (Lipinski definition) is 1. The van der Waals surface area contributed by atoms with Gasteiger partial charge in [-0.3, -0.25) is 4.79 Å². The summed E-state index contributed by atoms with van der Waals surface area (Å²) in [7, 11) is 0. The van der Waals surface area contributed by atoms with E-state index in [9.17, 15) is 13.6 Å². The highest BCUT2D eigenvalue weighted by Crippen LogP contribution is 2.55. The zero-order chi connectivity index (χ0) is 22.2. The molecule has 160 valence electrons. The molecule has 31 heavy (non-hydrogen) atoms. The molecule has 0 radical (unpaired) electrons. The molecule has 0 bridgehead atoms. The van der Waals surface area contributed by atoms with Gasteiger partial charge in [0.05, 0.1) is 29.4 Å². The summed E-state index contributed by atoms with van der Waals surface area (Å²) in [6.07, 6.45) is 3.39. The van der Waals surface area contributed by atoms with Crippen LogP contribution in [0.5, 0.6) is 5.75 Å². The van der Waals surface area contributed by atoms with E-state index in [4.69, 9.17) is 16.3 Å². The van der Waals surface area contributed by atoms with Crippen molar-refractivity contribution in [3.05, 3.63) is 76.5 Å². The average molecular weight is 445 g/mol. The van der Waals surface area contributed by atoms with E-state index < -0.39 is 23.0 Å². The van der Waals surface area contributed by atoms with Crippen LogP contribution in [-0.2, 0) is 10.2 Å². The van der Waals surface area contributed by atoms with E-state index in [1.54, 1.807) is 32.2 Å². The first-order chi connectivity index (χ1) is 14.8. The van der Waals surface area contributed by atoms with Crippen LogP contribution >= 0.6 is 11.6 Å². The van der Waals surface area contributed by atoms with Crippen LogP contribution in [0.25, 0.3) is 0 Å². The standard InChI is InChI=1S/C22H19ClF2N4O2/c1-12-19(10-26-13(2)28-12)31-11-22(14-3-5-17(24)18(25)7-14)8-16(22)21(30)29-20-6-4-15(23)9-27-20/h3-7,9-10,16H,8,11H2,1-2H3,(H,27,29,30). The lowest BCUT2D eigenvalue weighted by Gasteiger charge is -2.20. The van der Waals surface area contributed by atoms with E-state index in [-0.39, 0.29) is 12.5 Å². The molecule has 2 heterocycles. The smallest absolute Gasteiger partial charge is 0.229 e. The highest BCUT2D eigenvalue weighted by Gasteiger charge is 2.60. The third kappa shape index (κ3) is 4.34. The minimum absolute atomic E-state index is 0.0808. The van der Waals surface area contributed by atoms with Crippen LogP contribution in [-0.4, -0.2) is 27.5 Å². The number of pyridine rings is 1. The Morgan fingerprint density at radius 3 is 2.68 bits per heavy atom. The maximum atomic E-state index is 14.0. The molecule has 1 saturated carbocycles. The van der Waals surface area contributed by atoms with Crippen LogP contribution in [0.15, 0.2) is 42.7 Å². The number of carbonyl (C=O) groups excluding carboxylic acids is 1. The van der Waals surface area contributed by atoms with Gasteiger partial charge in [-0.15, -0.1) is 0 Å². The van der Waals surface area contributed by atoms with Crippen LogP contribution in [0, 0.1) is 31.4 Å². The molecule has 2 atom stereocenters. The van der Waals surface area contributed by atoms with Crippen molar-refractivity contribution in [1.82, 2.24) is 15.0 Å². The van der Waals surface area contributed by atoms with Gasteiger partial charge in [-0.05, 0) is 50.1 Å². The van der Waals surface area contributed by atoms with E-state index in [2.05, 4.69) is 20.3 Å². The number of aryl methyl sites for hydroxylation is 2. The monoisotopic (exact) mass is 444 g/mol. The maximum absolute atomic E-state index is 14.0. The van der Waals surface area contributed by atoms with Crippen LogP contribution in [0.3, 0.4) is 0 Å². The Bertz CT molecular complexity index is 1140. The molecule has 1 N–H and O–H groups in total. The molecule has 1 aliphatic carbocycles. The van der Waals surface area contributed by atoms with Gasteiger partial charge in [0.25, 0.3) is 0 Å². The topological polar surface area (TPSA) is 77.0 Å². The number of hydrogen-bond acceptors (Lipinski definition) is 5. The van der Waals surface area contributed by atoms with Gasteiger partial charge in [-0.25, -0.2) is 23.7 Å². The van der Waals surface area contributed by atoms with Gasteiger partial charge in [0.2, 0.25) is 5.91 Å². The number of anilines is 1. The first kappa shape index (κ1) is 21.1. The van der Waals surface area contributed by atoms with Crippen LogP contribution < -0.4 is 10.1 Å². The molecular formula is C22H19ClF2N4O2. The number of carbonyl (C=O) groups is 1. The number of rotatable bonds is 6. The Hall–Kier alpha value is -3.13. The average Bonchev–Trinajstić information content (AvgIpc) is 3.47. The molecule has 0 aliphatic heterocycles. The van der Waals surface area contributed by atoms with Crippen molar-refractivity contribution in [2.24, 2.45) is 5.92 Å². The molecule has 9 heteroatoms. The Kier molecular flexibility index (Phi) is 5.58. The molecule has 1 fully saturated rings. The fourth-order valence-corrected chi connectivity index (χ4v) is 3.71. The third-order valence-electron chi connectivity index (χ3n) is 5.40. The van der Waals surface area contributed by atoms with E-state index in [1.165, 1.54) is 12.3 Å². The predicted molar refractivity (Wildman–Crippen MR) is 111 cm³/mol.